The second-order valence-electron chi connectivity index (χ2n) is 8.48. The number of carbonyl (C=O) groups excluding carboxylic acids is 3. The molecular weight excluding hydrogens is 476 g/mol. The van der Waals surface area contributed by atoms with Crippen LogP contribution in [0.25, 0.3) is 11.1 Å². The Morgan fingerprint density at radius 2 is 1.22 bits per heavy atom. The molecule has 2 N–H and O–H groups in total. The maximum Gasteiger partial charge on any atom is 0.302 e. The first-order valence-electron chi connectivity index (χ1n) is 12.7. The SMILES string of the molecule is CCOCCNC(=O)c1ccc2c(c1)C(COC(C)=O)c1cc(C(=O)NCCOCCOCC)ccc1-2. The summed E-state index contributed by atoms with van der Waals surface area (Å²) < 4.78 is 21.3. The van der Waals surface area contributed by atoms with Crippen molar-refractivity contribution in [2.75, 3.05) is 59.3 Å². The fraction of sp³-hybridized carbons (Fsp3) is 0.464. The smallest absolute Gasteiger partial charge is 0.302 e. The van der Waals surface area contributed by atoms with Gasteiger partial charge in [-0.15, -0.1) is 0 Å². The van der Waals surface area contributed by atoms with E-state index in [1.165, 1.54) is 6.92 Å². The molecule has 200 valence electrons. The van der Waals surface area contributed by atoms with Crippen LogP contribution in [0.5, 0.6) is 0 Å². The lowest BCUT2D eigenvalue weighted by Gasteiger charge is -2.15. The van der Waals surface area contributed by atoms with Crippen molar-refractivity contribution in [1.29, 1.82) is 0 Å². The molecule has 9 nitrogen and oxygen atoms in total. The Balaban J connectivity index is 1.73. The van der Waals surface area contributed by atoms with Gasteiger partial charge in [-0.25, -0.2) is 0 Å². The quantitative estimate of drug-likeness (QED) is 0.279. The Morgan fingerprint density at radius 3 is 1.73 bits per heavy atom. The number of benzene rings is 2. The molecule has 2 amide bonds. The number of hydrogen-bond donors (Lipinski definition) is 2. The van der Waals surface area contributed by atoms with Gasteiger partial charge in [0.15, 0.2) is 0 Å². The molecule has 0 heterocycles. The van der Waals surface area contributed by atoms with E-state index < -0.39 is 5.97 Å². The molecule has 0 bridgehead atoms. The van der Waals surface area contributed by atoms with E-state index in [-0.39, 0.29) is 24.3 Å². The van der Waals surface area contributed by atoms with Gasteiger partial charge in [-0.3, -0.25) is 14.4 Å². The summed E-state index contributed by atoms with van der Waals surface area (Å²) in [6.07, 6.45) is 0. The van der Waals surface area contributed by atoms with Gasteiger partial charge in [0.25, 0.3) is 11.8 Å². The van der Waals surface area contributed by atoms with Crippen molar-refractivity contribution >= 4 is 17.8 Å². The molecule has 2 aromatic carbocycles. The van der Waals surface area contributed by atoms with Gasteiger partial charge in [-0.1, -0.05) is 12.1 Å². The Morgan fingerprint density at radius 1 is 0.730 bits per heavy atom. The number of fused-ring (bicyclic) bond motifs is 3. The predicted octanol–water partition coefficient (Wildman–Crippen LogP) is 2.91. The summed E-state index contributed by atoms with van der Waals surface area (Å²) in [5.74, 6) is -1.10. The first-order chi connectivity index (χ1) is 18.0. The summed E-state index contributed by atoms with van der Waals surface area (Å²) in [5, 5.41) is 5.72. The molecule has 0 aliphatic heterocycles. The minimum Gasteiger partial charge on any atom is -0.465 e. The maximum absolute atomic E-state index is 12.8. The Labute approximate surface area is 217 Å². The minimum absolute atomic E-state index is 0.115. The first kappa shape index (κ1) is 28.3. The van der Waals surface area contributed by atoms with Crippen molar-refractivity contribution in [2.45, 2.75) is 26.7 Å². The molecule has 1 unspecified atom stereocenters. The summed E-state index contributed by atoms with van der Waals surface area (Å²) >= 11 is 0. The van der Waals surface area contributed by atoms with Crippen molar-refractivity contribution in [2.24, 2.45) is 0 Å². The number of hydrogen-bond acceptors (Lipinski definition) is 7. The van der Waals surface area contributed by atoms with Crippen LogP contribution in [0.4, 0.5) is 0 Å². The van der Waals surface area contributed by atoms with Gasteiger partial charge in [0.2, 0.25) is 0 Å². The van der Waals surface area contributed by atoms with Crippen molar-refractivity contribution in [3.05, 3.63) is 58.7 Å². The minimum atomic E-state index is -0.391. The van der Waals surface area contributed by atoms with Crippen LogP contribution in [0, 0.1) is 0 Å². The molecule has 0 saturated carbocycles. The van der Waals surface area contributed by atoms with Crippen LogP contribution in [0.2, 0.25) is 0 Å². The summed E-state index contributed by atoms with van der Waals surface area (Å²) in [6.45, 7) is 9.15. The van der Waals surface area contributed by atoms with E-state index in [9.17, 15) is 14.4 Å². The number of esters is 1. The molecule has 0 radical (unpaired) electrons. The molecule has 0 saturated heterocycles. The first-order valence-corrected chi connectivity index (χ1v) is 12.7. The Kier molecular flexibility index (Phi) is 11.1. The highest BCUT2D eigenvalue weighted by molar-refractivity contribution is 5.98. The van der Waals surface area contributed by atoms with Crippen LogP contribution in [0.1, 0.15) is 58.5 Å². The number of rotatable bonds is 15. The van der Waals surface area contributed by atoms with E-state index in [1.807, 2.05) is 38.1 Å². The van der Waals surface area contributed by atoms with E-state index in [4.69, 9.17) is 18.9 Å². The summed E-state index contributed by atoms with van der Waals surface area (Å²) in [6, 6.07) is 11.0. The third kappa shape index (κ3) is 7.85. The van der Waals surface area contributed by atoms with Gasteiger partial charge in [-0.2, -0.15) is 0 Å². The number of ether oxygens (including phenoxy) is 4. The van der Waals surface area contributed by atoms with Crippen LogP contribution in [0.15, 0.2) is 36.4 Å². The van der Waals surface area contributed by atoms with E-state index in [1.54, 1.807) is 12.1 Å². The fourth-order valence-corrected chi connectivity index (χ4v) is 4.21. The molecule has 3 rings (SSSR count). The molecule has 1 aliphatic rings. The number of carbonyl (C=O) groups is 3. The summed E-state index contributed by atoms with van der Waals surface area (Å²) in [5.41, 5.74) is 4.68. The average Bonchev–Trinajstić information content (AvgIpc) is 3.21. The van der Waals surface area contributed by atoms with Crippen LogP contribution in [0.3, 0.4) is 0 Å². The lowest BCUT2D eigenvalue weighted by Crippen LogP contribution is -2.27. The monoisotopic (exact) mass is 512 g/mol. The zero-order valence-corrected chi connectivity index (χ0v) is 21.8. The van der Waals surface area contributed by atoms with Gasteiger partial charge in [0, 0.05) is 50.3 Å². The largest absolute Gasteiger partial charge is 0.465 e. The average molecular weight is 513 g/mol. The third-order valence-electron chi connectivity index (χ3n) is 5.97. The van der Waals surface area contributed by atoms with Gasteiger partial charge in [0.05, 0.1) is 26.4 Å². The molecule has 1 atom stereocenters. The molecular formula is C28H36N2O7. The van der Waals surface area contributed by atoms with Gasteiger partial charge in [-0.05, 0) is 60.4 Å². The highest BCUT2D eigenvalue weighted by atomic mass is 16.5. The standard InChI is InChI=1S/C28H36N2O7/c1-4-34-12-10-29-27(32)20-6-8-22-23-9-7-21(28(33)30-11-13-36-15-14-35-5-2)17-25(23)26(24(22)16-20)18-37-19(3)31/h6-9,16-17,26H,4-5,10-15,18H2,1-3H3,(H,29,32)(H,30,33). The predicted molar refractivity (Wildman–Crippen MR) is 139 cm³/mol. The molecule has 37 heavy (non-hydrogen) atoms. The summed E-state index contributed by atoms with van der Waals surface area (Å²) in [4.78, 5) is 37.0. The van der Waals surface area contributed by atoms with E-state index in [0.29, 0.717) is 63.9 Å². The zero-order chi connectivity index (χ0) is 26.6. The van der Waals surface area contributed by atoms with Gasteiger partial charge < -0.3 is 29.6 Å². The molecule has 1 aliphatic carbocycles. The highest BCUT2D eigenvalue weighted by Gasteiger charge is 2.31. The van der Waals surface area contributed by atoms with Gasteiger partial charge in [0.1, 0.15) is 6.61 Å². The van der Waals surface area contributed by atoms with Crippen molar-refractivity contribution in [1.82, 2.24) is 10.6 Å². The fourth-order valence-electron chi connectivity index (χ4n) is 4.21. The maximum atomic E-state index is 12.8. The lowest BCUT2D eigenvalue weighted by molar-refractivity contribution is -0.141. The van der Waals surface area contributed by atoms with E-state index in [2.05, 4.69) is 10.6 Å². The Bertz CT molecular complexity index is 1090. The van der Waals surface area contributed by atoms with Crippen molar-refractivity contribution in [3.63, 3.8) is 0 Å². The van der Waals surface area contributed by atoms with E-state index in [0.717, 1.165) is 22.3 Å². The third-order valence-corrected chi connectivity index (χ3v) is 5.97. The summed E-state index contributed by atoms with van der Waals surface area (Å²) in [7, 11) is 0. The van der Waals surface area contributed by atoms with E-state index >= 15 is 0 Å². The second kappa shape index (κ2) is 14.5. The molecule has 0 spiro atoms. The molecule has 2 aromatic rings. The lowest BCUT2D eigenvalue weighted by atomic mass is 9.95. The Hall–Kier alpha value is -3.27. The van der Waals surface area contributed by atoms with Crippen LogP contribution in [-0.4, -0.2) is 77.1 Å². The normalized spacial score (nSPS) is 13.5. The molecule has 9 heteroatoms. The zero-order valence-electron chi connectivity index (χ0n) is 21.8. The molecule has 0 aromatic heterocycles. The van der Waals surface area contributed by atoms with Crippen LogP contribution >= 0.6 is 0 Å². The van der Waals surface area contributed by atoms with Gasteiger partial charge >= 0.3 is 5.97 Å². The van der Waals surface area contributed by atoms with Crippen molar-refractivity contribution < 1.29 is 33.3 Å². The van der Waals surface area contributed by atoms with Crippen LogP contribution in [-0.2, 0) is 23.7 Å². The second-order valence-corrected chi connectivity index (χ2v) is 8.48. The topological polar surface area (TPSA) is 112 Å². The van der Waals surface area contributed by atoms with Crippen molar-refractivity contribution in [3.8, 4) is 11.1 Å². The molecule has 0 fully saturated rings. The number of amides is 2. The number of nitrogens with one attached hydrogen (secondary N) is 2. The highest BCUT2D eigenvalue weighted by Crippen LogP contribution is 2.45. The van der Waals surface area contributed by atoms with Crippen LogP contribution < -0.4 is 10.6 Å².